The van der Waals surface area contributed by atoms with Gasteiger partial charge in [-0.05, 0) is 24.6 Å². The van der Waals surface area contributed by atoms with Crippen LogP contribution in [0.1, 0.15) is 6.42 Å². The summed E-state index contributed by atoms with van der Waals surface area (Å²) >= 11 is 5.42. The van der Waals surface area contributed by atoms with Crippen LogP contribution in [0.5, 0.6) is 5.75 Å². The molecule has 0 amide bonds. The number of hydrogen-bond acceptors (Lipinski definition) is 3. The van der Waals surface area contributed by atoms with Gasteiger partial charge in [-0.15, -0.1) is 11.6 Å². The van der Waals surface area contributed by atoms with Crippen molar-refractivity contribution in [1.82, 2.24) is 0 Å². The van der Waals surface area contributed by atoms with E-state index in [1.54, 1.807) is 0 Å². The van der Waals surface area contributed by atoms with Gasteiger partial charge in [0.25, 0.3) is 0 Å². The van der Waals surface area contributed by atoms with Gasteiger partial charge in [-0.25, -0.2) is 12.8 Å². The molecule has 0 N–H and O–H groups in total. The molecule has 0 radical (unpaired) electrons. The van der Waals surface area contributed by atoms with E-state index in [-0.39, 0.29) is 22.3 Å². The molecule has 16 heavy (non-hydrogen) atoms. The van der Waals surface area contributed by atoms with Crippen LogP contribution in [0.25, 0.3) is 0 Å². The van der Waals surface area contributed by atoms with E-state index >= 15 is 0 Å². The maximum atomic E-state index is 13.3. The third-order valence-electron chi connectivity index (χ3n) is 2.03. The number of rotatable bonds is 5. The lowest BCUT2D eigenvalue weighted by atomic mass is 10.3. The molecule has 0 heterocycles. The summed E-state index contributed by atoms with van der Waals surface area (Å²) in [7, 11) is -2.13. The average molecular weight is 267 g/mol. The van der Waals surface area contributed by atoms with Gasteiger partial charge in [-0.1, -0.05) is 0 Å². The fourth-order valence-corrected chi connectivity index (χ4v) is 2.81. The molecule has 1 rings (SSSR count). The zero-order chi connectivity index (χ0) is 12.2. The maximum Gasteiger partial charge on any atom is 0.178 e. The number of halogens is 2. The van der Waals surface area contributed by atoms with E-state index in [2.05, 4.69) is 0 Å². The van der Waals surface area contributed by atoms with E-state index in [4.69, 9.17) is 16.3 Å². The molecule has 0 aliphatic rings. The van der Waals surface area contributed by atoms with Crippen LogP contribution < -0.4 is 4.74 Å². The lowest BCUT2D eigenvalue weighted by Gasteiger charge is -2.06. The minimum absolute atomic E-state index is 0.0243. The monoisotopic (exact) mass is 266 g/mol. The molecule has 0 bridgehead atoms. The van der Waals surface area contributed by atoms with Crippen molar-refractivity contribution in [2.24, 2.45) is 0 Å². The zero-order valence-electron chi connectivity index (χ0n) is 8.74. The van der Waals surface area contributed by atoms with Crippen molar-refractivity contribution in [3.8, 4) is 5.75 Å². The molecule has 90 valence electrons. The summed E-state index contributed by atoms with van der Waals surface area (Å²) in [6.07, 6.45) is 0.345. The highest BCUT2D eigenvalue weighted by Crippen LogP contribution is 2.21. The van der Waals surface area contributed by atoms with Crippen LogP contribution in [-0.2, 0) is 9.84 Å². The van der Waals surface area contributed by atoms with Crippen molar-refractivity contribution in [2.75, 3.05) is 18.7 Å². The molecule has 1 aromatic carbocycles. The highest BCUT2D eigenvalue weighted by Gasteiger charge is 2.16. The fourth-order valence-electron chi connectivity index (χ4n) is 1.20. The van der Waals surface area contributed by atoms with Crippen molar-refractivity contribution < 1.29 is 17.5 Å². The Morgan fingerprint density at radius 2 is 2.12 bits per heavy atom. The Hall–Kier alpha value is -0.810. The Balaban J connectivity index is 3.01. The Bertz CT molecular complexity index is 459. The Morgan fingerprint density at radius 3 is 2.62 bits per heavy atom. The average Bonchev–Trinajstić information content (AvgIpc) is 2.26. The Kier molecular flexibility index (Phi) is 4.56. The number of sulfone groups is 1. The van der Waals surface area contributed by atoms with Gasteiger partial charge in [0, 0.05) is 5.88 Å². The minimum atomic E-state index is -3.45. The Morgan fingerprint density at radius 1 is 1.44 bits per heavy atom. The van der Waals surface area contributed by atoms with E-state index in [9.17, 15) is 12.8 Å². The third kappa shape index (κ3) is 3.09. The van der Waals surface area contributed by atoms with Gasteiger partial charge in [0.15, 0.2) is 21.4 Å². The second kappa shape index (κ2) is 5.50. The molecule has 6 heteroatoms. The molecule has 3 nitrogen and oxygen atoms in total. The van der Waals surface area contributed by atoms with Gasteiger partial charge in [-0.3, -0.25) is 0 Å². The van der Waals surface area contributed by atoms with Gasteiger partial charge in [0.05, 0.1) is 17.8 Å². The first kappa shape index (κ1) is 13.3. The summed E-state index contributed by atoms with van der Waals surface area (Å²) in [5.74, 6) is -0.481. The topological polar surface area (TPSA) is 43.4 Å². The summed E-state index contributed by atoms with van der Waals surface area (Å²) < 4.78 is 41.3. The van der Waals surface area contributed by atoms with E-state index in [1.807, 2.05) is 0 Å². The third-order valence-corrected chi connectivity index (χ3v) is 4.09. The summed E-state index contributed by atoms with van der Waals surface area (Å²) in [4.78, 5) is -0.0454. The van der Waals surface area contributed by atoms with Gasteiger partial charge in [0.1, 0.15) is 0 Å². The summed E-state index contributed by atoms with van der Waals surface area (Å²) in [5, 5.41) is 0. The number of alkyl halides is 1. The number of benzene rings is 1. The van der Waals surface area contributed by atoms with Crippen molar-refractivity contribution in [2.45, 2.75) is 11.3 Å². The van der Waals surface area contributed by atoms with E-state index < -0.39 is 15.7 Å². The van der Waals surface area contributed by atoms with Gasteiger partial charge < -0.3 is 4.74 Å². The van der Waals surface area contributed by atoms with Crippen LogP contribution in [0.15, 0.2) is 23.1 Å². The van der Waals surface area contributed by atoms with Crippen LogP contribution >= 0.6 is 11.6 Å². The molecule has 1 aromatic rings. The largest absolute Gasteiger partial charge is 0.494 e. The molecule has 0 fully saturated rings. The molecule has 0 unspecified atom stereocenters. The van der Waals surface area contributed by atoms with E-state index in [0.717, 1.165) is 6.07 Å². The fraction of sp³-hybridized carbons (Fsp3) is 0.400. The van der Waals surface area contributed by atoms with Crippen LogP contribution in [-0.4, -0.2) is 27.2 Å². The molecule has 0 saturated heterocycles. The lowest BCUT2D eigenvalue weighted by molar-refractivity contribution is 0.385. The van der Waals surface area contributed by atoms with Crippen LogP contribution in [0.2, 0.25) is 0 Å². The van der Waals surface area contributed by atoms with Crippen molar-refractivity contribution in [1.29, 1.82) is 0 Å². The molecule has 0 aliphatic heterocycles. The summed E-state index contributed by atoms with van der Waals surface area (Å²) in [6.45, 7) is 0. The first-order chi connectivity index (χ1) is 7.51. The first-order valence-electron chi connectivity index (χ1n) is 4.63. The second-order valence-electron chi connectivity index (χ2n) is 3.16. The van der Waals surface area contributed by atoms with Crippen LogP contribution in [0, 0.1) is 5.82 Å². The standard InChI is InChI=1S/C10H12ClFO3S/c1-15-10-4-3-8(7-9(10)12)16(13,14)6-2-5-11/h3-4,7H,2,5-6H2,1H3. The van der Waals surface area contributed by atoms with Crippen molar-refractivity contribution in [3.63, 3.8) is 0 Å². The quantitative estimate of drug-likeness (QED) is 0.768. The Labute approximate surface area is 99.1 Å². The molecular weight excluding hydrogens is 255 g/mol. The first-order valence-corrected chi connectivity index (χ1v) is 6.82. The molecule has 0 spiro atoms. The van der Waals surface area contributed by atoms with Crippen molar-refractivity contribution in [3.05, 3.63) is 24.0 Å². The zero-order valence-corrected chi connectivity index (χ0v) is 10.3. The molecule has 0 saturated carbocycles. The van der Waals surface area contributed by atoms with Crippen molar-refractivity contribution >= 4 is 21.4 Å². The highest BCUT2D eigenvalue weighted by molar-refractivity contribution is 7.91. The molecule has 0 atom stereocenters. The van der Waals surface area contributed by atoms with Gasteiger partial charge >= 0.3 is 0 Å². The normalized spacial score (nSPS) is 11.4. The van der Waals surface area contributed by atoms with Gasteiger partial charge in [-0.2, -0.15) is 0 Å². The number of methoxy groups -OCH3 is 1. The van der Waals surface area contributed by atoms with Gasteiger partial charge in [0.2, 0.25) is 0 Å². The minimum Gasteiger partial charge on any atom is -0.494 e. The van der Waals surface area contributed by atoms with Crippen LogP contribution in [0.4, 0.5) is 4.39 Å². The summed E-state index contributed by atoms with van der Waals surface area (Å²) in [5.41, 5.74) is 0. The predicted molar refractivity (Wildman–Crippen MR) is 60.3 cm³/mol. The maximum absolute atomic E-state index is 13.3. The SMILES string of the molecule is COc1ccc(S(=O)(=O)CCCCl)cc1F. The second-order valence-corrected chi connectivity index (χ2v) is 5.64. The highest BCUT2D eigenvalue weighted by atomic mass is 35.5. The number of ether oxygens (including phenoxy) is 1. The number of hydrogen-bond donors (Lipinski definition) is 0. The van der Waals surface area contributed by atoms with E-state index in [1.165, 1.54) is 19.2 Å². The predicted octanol–water partition coefficient (Wildman–Crippen LogP) is 2.24. The molecule has 0 aromatic heterocycles. The summed E-state index contributed by atoms with van der Waals surface area (Å²) in [6, 6.07) is 3.58. The van der Waals surface area contributed by atoms with Crippen LogP contribution in [0.3, 0.4) is 0 Å². The smallest absolute Gasteiger partial charge is 0.178 e. The lowest BCUT2D eigenvalue weighted by Crippen LogP contribution is -2.07. The molecular formula is C10H12ClFO3S. The molecule has 0 aliphatic carbocycles. The van der Waals surface area contributed by atoms with E-state index in [0.29, 0.717) is 6.42 Å².